The second kappa shape index (κ2) is 7.05. The Kier molecular flexibility index (Phi) is 4.56. The molecule has 28 heavy (non-hydrogen) atoms. The number of rotatable bonds is 7. The van der Waals surface area contributed by atoms with Crippen LogP contribution in [0.5, 0.6) is 0 Å². The van der Waals surface area contributed by atoms with Crippen LogP contribution >= 0.6 is 0 Å². The Hall–Kier alpha value is -3.26. The van der Waals surface area contributed by atoms with Crippen LogP contribution < -0.4 is 22.1 Å². The zero-order valence-corrected chi connectivity index (χ0v) is 15.6. The van der Waals surface area contributed by atoms with E-state index in [0.29, 0.717) is 17.5 Å². The maximum Gasteiger partial charge on any atom is 0.254 e. The van der Waals surface area contributed by atoms with Gasteiger partial charge in [-0.15, -0.1) is 0 Å². The molecule has 0 unspecified atom stereocenters. The highest BCUT2D eigenvalue weighted by Gasteiger charge is 2.45. The highest BCUT2D eigenvalue weighted by atomic mass is 16.1. The molecule has 2 heterocycles. The topological polar surface area (TPSA) is 132 Å². The molecule has 1 aromatic carbocycles. The second-order valence-corrected chi connectivity index (χ2v) is 7.20. The summed E-state index contributed by atoms with van der Waals surface area (Å²) >= 11 is 0. The van der Waals surface area contributed by atoms with Crippen molar-refractivity contribution in [3.8, 4) is 0 Å². The Morgan fingerprint density at radius 3 is 2.75 bits per heavy atom. The van der Waals surface area contributed by atoms with Crippen LogP contribution in [0, 0.1) is 0 Å². The number of anilines is 3. The number of aromatic nitrogens is 3. The van der Waals surface area contributed by atoms with E-state index in [1.807, 2.05) is 30.3 Å². The molecule has 1 saturated carbocycles. The number of hydrogen-bond donors (Lipinski definition) is 4. The molecule has 0 spiro atoms. The summed E-state index contributed by atoms with van der Waals surface area (Å²) in [5.41, 5.74) is 13.4. The van der Waals surface area contributed by atoms with Crippen molar-refractivity contribution < 1.29 is 4.79 Å². The maximum atomic E-state index is 11.8. The molecular formula is C20H23N7O. The van der Waals surface area contributed by atoms with Gasteiger partial charge < -0.3 is 22.1 Å². The van der Waals surface area contributed by atoms with Gasteiger partial charge in [0.25, 0.3) is 5.91 Å². The third kappa shape index (κ3) is 3.59. The molecule has 1 fully saturated rings. The smallest absolute Gasteiger partial charge is 0.254 e. The summed E-state index contributed by atoms with van der Waals surface area (Å²) in [5.74, 6) is 0.135. The molecule has 1 amide bonds. The number of amides is 1. The van der Waals surface area contributed by atoms with E-state index in [0.717, 1.165) is 30.2 Å². The van der Waals surface area contributed by atoms with Gasteiger partial charge in [-0.05, 0) is 31.4 Å². The van der Waals surface area contributed by atoms with Crippen molar-refractivity contribution in [2.45, 2.75) is 37.8 Å². The fraction of sp³-hybridized carbons (Fsp3) is 0.300. The van der Waals surface area contributed by atoms with Crippen LogP contribution in [0.1, 0.15) is 36.5 Å². The van der Waals surface area contributed by atoms with Crippen LogP contribution in [0.4, 0.5) is 17.5 Å². The largest absolute Gasteiger partial charge is 0.365 e. The van der Waals surface area contributed by atoms with Crippen LogP contribution in [-0.4, -0.2) is 32.4 Å². The number of carbonyl (C=O) groups excluding carboxylic acids is 1. The quantitative estimate of drug-likeness (QED) is 0.497. The van der Waals surface area contributed by atoms with Crippen molar-refractivity contribution in [3.05, 3.63) is 48.3 Å². The molecule has 8 nitrogen and oxygen atoms in total. The zero-order valence-electron chi connectivity index (χ0n) is 15.6. The first-order valence-corrected chi connectivity index (χ1v) is 9.32. The van der Waals surface area contributed by atoms with Crippen molar-refractivity contribution in [3.63, 3.8) is 0 Å². The summed E-state index contributed by atoms with van der Waals surface area (Å²) in [6.45, 7) is 2.07. The third-order valence-corrected chi connectivity index (χ3v) is 5.14. The molecule has 3 aromatic rings. The first kappa shape index (κ1) is 18.1. The van der Waals surface area contributed by atoms with E-state index in [1.54, 1.807) is 6.20 Å². The number of nitrogens with one attached hydrogen (secondary N) is 2. The van der Waals surface area contributed by atoms with Gasteiger partial charge in [-0.25, -0.2) is 4.98 Å². The Morgan fingerprint density at radius 2 is 2.04 bits per heavy atom. The van der Waals surface area contributed by atoms with Crippen LogP contribution in [0.3, 0.4) is 0 Å². The molecule has 0 aliphatic heterocycles. The van der Waals surface area contributed by atoms with Gasteiger partial charge in [0.05, 0.1) is 17.4 Å². The van der Waals surface area contributed by atoms with Crippen molar-refractivity contribution in [2.75, 3.05) is 10.6 Å². The van der Waals surface area contributed by atoms with Gasteiger partial charge in [0.15, 0.2) is 0 Å². The van der Waals surface area contributed by atoms with Crippen LogP contribution in [0.15, 0.2) is 42.7 Å². The van der Waals surface area contributed by atoms with Crippen LogP contribution in [0.25, 0.3) is 10.9 Å². The summed E-state index contributed by atoms with van der Waals surface area (Å²) in [4.78, 5) is 25.0. The molecule has 1 aliphatic rings. The zero-order chi connectivity index (χ0) is 19.7. The second-order valence-electron chi connectivity index (χ2n) is 7.20. The Morgan fingerprint density at radius 1 is 1.25 bits per heavy atom. The molecule has 2 aromatic heterocycles. The molecule has 6 N–H and O–H groups in total. The molecule has 0 radical (unpaired) electrons. The summed E-state index contributed by atoms with van der Waals surface area (Å²) in [6.07, 6.45) is 5.93. The fourth-order valence-corrected chi connectivity index (χ4v) is 3.30. The summed E-state index contributed by atoms with van der Waals surface area (Å²) < 4.78 is 0. The monoisotopic (exact) mass is 377 g/mol. The van der Waals surface area contributed by atoms with E-state index in [4.69, 9.17) is 11.5 Å². The van der Waals surface area contributed by atoms with E-state index < -0.39 is 5.91 Å². The van der Waals surface area contributed by atoms with Gasteiger partial charge in [0, 0.05) is 23.2 Å². The number of pyridine rings is 1. The van der Waals surface area contributed by atoms with E-state index in [9.17, 15) is 4.79 Å². The van der Waals surface area contributed by atoms with Gasteiger partial charge in [0.2, 0.25) is 5.95 Å². The average Bonchev–Trinajstić information content (AvgIpc) is 3.44. The average molecular weight is 377 g/mol. The molecule has 144 valence electrons. The number of benzene rings is 1. The number of hydrogen-bond acceptors (Lipinski definition) is 7. The summed E-state index contributed by atoms with van der Waals surface area (Å²) in [5, 5.41) is 7.42. The Balaban J connectivity index is 1.64. The number of para-hydroxylation sites is 1. The van der Waals surface area contributed by atoms with Gasteiger partial charge in [-0.1, -0.05) is 25.1 Å². The lowest BCUT2D eigenvalue weighted by atomic mass is 10.1. The lowest BCUT2D eigenvalue weighted by Crippen LogP contribution is -2.42. The maximum absolute atomic E-state index is 11.8. The highest BCUT2D eigenvalue weighted by molar-refractivity contribution is 5.98. The number of nitrogens with zero attached hydrogens (tertiary/aromatic N) is 3. The molecular weight excluding hydrogens is 354 g/mol. The molecule has 8 heteroatoms. The van der Waals surface area contributed by atoms with E-state index in [-0.39, 0.29) is 17.1 Å². The first-order chi connectivity index (χ1) is 13.5. The predicted molar refractivity (Wildman–Crippen MR) is 109 cm³/mol. The van der Waals surface area contributed by atoms with Gasteiger partial charge in [0.1, 0.15) is 11.4 Å². The van der Waals surface area contributed by atoms with Crippen molar-refractivity contribution >= 4 is 34.3 Å². The standard InChI is InChI=1S/C20H23N7O/c1-2-16(20(22)7-8-20)26-19-24-11-14(17(21)28)18(27-19)25-13-9-12-5-3-4-6-15(12)23-10-13/h3-6,9-11,16H,2,7-8,22H2,1H3,(H2,21,28)(H2,24,25,26,27)/t16-/m1/s1. The van der Waals surface area contributed by atoms with Gasteiger partial charge in [-0.2, -0.15) is 4.98 Å². The highest BCUT2D eigenvalue weighted by Crippen LogP contribution is 2.38. The van der Waals surface area contributed by atoms with E-state index >= 15 is 0 Å². The molecule has 0 saturated heterocycles. The predicted octanol–water partition coefficient (Wildman–Crippen LogP) is 2.55. The minimum absolute atomic E-state index is 0.0714. The number of primary amides is 1. The van der Waals surface area contributed by atoms with E-state index in [2.05, 4.69) is 32.5 Å². The minimum atomic E-state index is -0.604. The first-order valence-electron chi connectivity index (χ1n) is 9.32. The normalized spacial score (nSPS) is 15.8. The molecule has 1 atom stereocenters. The number of fused-ring (bicyclic) bond motifs is 1. The summed E-state index contributed by atoms with van der Waals surface area (Å²) in [6, 6.07) is 9.80. The fourth-order valence-electron chi connectivity index (χ4n) is 3.30. The lowest BCUT2D eigenvalue weighted by molar-refractivity contribution is 0.100. The molecule has 4 rings (SSSR count). The van der Waals surface area contributed by atoms with Gasteiger partial charge in [-0.3, -0.25) is 9.78 Å². The van der Waals surface area contributed by atoms with Crippen molar-refractivity contribution in [1.82, 2.24) is 15.0 Å². The van der Waals surface area contributed by atoms with Crippen molar-refractivity contribution in [1.29, 1.82) is 0 Å². The molecule has 1 aliphatic carbocycles. The Bertz CT molecular complexity index is 1030. The lowest BCUT2D eigenvalue weighted by Gasteiger charge is -2.23. The van der Waals surface area contributed by atoms with Gasteiger partial charge >= 0.3 is 0 Å². The van der Waals surface area contributed by atoms with E-state index in [1.165, 1.54) is 6.20 Å². The number of nitrogens with two attached hydrogens (primary N) is 2. The van der Waals surface area contributed by atoms with Crippen LogP contribution in [-0.2, 0) is 0 Å². The van der Waals surface area contributed by atoms with Crippen LogP contribution in [0.2, 0.25) is 0 Å². The number of carbonyl (C=O) groups is 1. The third-order valence-electron chi connectivity index (χ3n) is 5.14. The Labute approximate surface area is 162 Å². The SMILES string of the molecule is CC[C@@H](Nc1ncc(C(N)=O)c(Nc2cnc3ccccc3c2)n1)C1(N)CC1. The molecule has 0 bridgehead atoms. The van der Waals surface area contributed by atoms with Crippen molar-refractivity contribution in [2.24, 2.45) is 11.5 Å². The minimum Gasteiger partial charge on any atom is -0.365 e. The summed E-state index contributed by atoms with van der Waals surface area (Å²) in [7, 11) is 0.